The molecule has 128 valence electrons. The van der Waals surface area contributed by atoms with Crippen molar-refractivity contribution in [1.29, 1.82) is 0 Å². The van der Waals surface area contributed by atoms with E-state index in [1.54, 1.807) is 21.3 Å². The van der Waals surface area contributed by atoms with E-state index in [-0.39, 0.29) is 0 Å². The fourth-order valence-electron chi connectivity index (χ4n) is 2.39. The average Bonchev–Trinajstić information content (AvgIpc) is 2.63. The molecule has 0 aromatic heterocycles. The number of ether oxygens (including phenoxy) is 2. The molecule has 2 rings (SSSR count). The Morgan fingerprint density at radius 2 is 1.42 bits per heavy atom. The van der Waals surface area contributed by atoms with Crippen LogP contribution in [-0.2, 0) is 13.1 Å². The number of methoxy groups -OCH3 is 2. The Kier molecular flexibility index (Phi) is 6.49. The first-order chi connectivity index (χ1) is 11.7. The van der Waals surface area contributed by atoms with Crippen LogP contribution in [0.2, 0.25) is 0 Å². The van der Waals surface area contributed by atoms with Crippen LogP contribution in [0.15, 0.2) is 53.5 Å². The third-order valence-electron chi connectivity index (χ3n) is 3.76. The monoisotopic (exact) mass is 327 g/mol. The Labute approximate surface area is 143 Å². The summed E-state index contributed by atoms with van der Waals surface area (Å²) in [5, 5.41) is 3.38. The molecule has 0 atom stereocenters. The van der Waals surface area contributed by atoms with Gasteiger partial charge in [-0.05, 0) is 35.4 Å². The van der Waals surface area contributed by atoms with Gasteiger partial charge in [-0.2, -0.15) is 0 Å². The highest BCUT2D eigenvalue weighted by Crippen LogP contribution is 2.13. The lowest BCUT2D eigenvalue weighted by atomic mass is 10.2. The second-order valence-corrected chi connectivity index (χ2v) is 5.45. The van der Waals surface area contributed by atoms with Crippen LogP contribution in [0.25, 0.3) is 0 Å². The summed E-state index contributed by atoms with van der Waals surface area (Å²) in [5.74, 6) is 2.57. The van der Waals surface area contributed by atoms with Crippen molar-refractivity contribution >= 4 is 5.96 Å². The van der Waals surface area contributed by atoms with Gasteiger partial charge < -0.3 is 19.7 Å². The summed E-state index contributed by atoms with van der Waals surface area (Å²) in [7, 11) is 7.16. The minimum atomic E-state index is 0.712. The van der Waals surface area contributed by atoms with Gasteiger partial charge in [-0.3, -0.25) is 4.99 Å². The maximum atomic E-state index is 5.19. The lowest BCUT2D eigenvalue weighted by Crippen LogP contribution is -2.38. The molecule has 0 radical (unpaired) electrons. The van der Waals surface area contributed by atoms with Gasteiger partial charge in [-0.1, -0.05) is 24.3 Å². The van der Waals surface area contributed by atoms with E-state index in [4.69, 9.17) is 9.47 Å². The molecule has 0 aliphatic carbocycles. The summed E-state index contributed by atoms with van der Waals surface area (Å²) in [6.45, 7) is 1.48. The van der Waals surface area contributed by atoms with Crippen LogP contribution in [0.1, 0.15) is 11.1 Å². The molecule has 0 amide bonds. The van der Waals surface area contributed by atoms with Crippen molar-refractivity contribution in [1.82, 2.24) is 10.2 Å². The number of aliphatic imine (C=N–C) groups is 1. The lowest BCUT2D eigenvalue weighted by Gasteiger charge is -2.22. The minimum absolute atomic E-state index is 0.712. The Hall–Kier alpha value is -2.69. The maximum Gasteiger partial charge on any atom is 0.193 e. The maximum absolute atomic E-state index is 5.19. The first-order valence-electron chi connectivity index (χ1n) is 7.84. The molecular formula is C19H25N3O2. The van der Waals surface area contributed by atoms with E-state index in [0.29, 0.717) is 6.54 Å². The largest absolute Gasteiger partial charge is 0.497 e. The van der Waals surface area contributed by atoms with Gasteiger partial charge in [0.1, 0.15) is 11.5 Å². The molecule has 2 aromatic carbocycles. The first-order valence-corrected chi connectivity index (χ1v) is 7.84. The molecule has 0 aliphatic heterocycles. The predicted octanol–water partition coefficient (Wildman–Crippen LogP) is 2.91. The summed E-state index contributed by atoms with van der Waals surface area (Å²) < 4.78 is 10.4. The standard InChI is InChI=1S/C19H25N3O2/c1-20-19(21-13-15-5-9-17(23-3)10-6-15)22(2)14-16-7-11-18(24-4)12-8-16/h5-12H,13-14H2,1-4H3,(H,20,21). The number of hydrogen-bond acceptors (Lipinski definition) is 3. The van der Waals surface area contributed by atoms with Crippen molar-refractivity contribution < 1.29 is 9.47 Å². The molecule has 0 saturated heterocycles. The highest BCUT2D eigenvalue weighted by Gasteiger charge is 2.07. The highest BCUT2D eigenvalue weighted by atomic mass is 16.5. The van der Waals surface area contributed by atoms with E-state index in [2.05, 4.69) is 27.3 Å². The van der Waals surface area contributed by atoms with E-state index in [1.807, 2.05) is 43.4 Å². The molecule has 0 aliphatic rings. The lowest BCUT2D eigenvalue weighted by molar-refractivity contribution is 0.414. The minimum Gasteiger partial charge on any atom is -0.497 e. The SMILES string of the molecule is CN=C(NCc1ccc(OC)cc1)N(C)Cc1ccc(OC)cc1. The zero-order valence-corrected chi connectivity index (χ0v) is 14.7. The fraction of sp³-hybridized carbons (Fsp3) is 0.316. The van der Waals surface area contributed by atoms with Crippen molar-refractivity contribution in [2.75, 3.05) is 28.3 Å². The molecule has 5 nitrogen and oxygen atoms in total. The smallest absolute Gasteiger partial charge is 0.193 e. The van der Waals surface area contributed by atoms with Crippen molar-refractivity contribution in [3.63, 3.8) is 0 Å². The summed E-state index contributed by atoms with van der Waals surface area (Å²) >= 11 is 0. The zero-order chi connectivity index (χ0) is 17.4. The van der Waals surface area contributed by atoms with E-state index in [0.717, 1.165) is 24.0 Å². The molecule has 24 heavy (non-hydrogen) atoms. The number of rotatable bonds is 6. The summed E-state index contributed by atoms with van der Waals surface area (Å²) in [6.07, 6.45) is 0. The summed E-state index contributed by atoms with van der Waals surface area (Å²) in [6, 6.07) is 16.1. The summed E-state index contributed by atoms with van der Waals surface area (Å²) in [4.78, 5) is 6.44. The van der Waals surface area contributed by atoms with Crippen LogP contribution in [0, 0.1) is 0 Å². The van der Waals surface area contributed by atoms with Gasteiger partial charge in [-0.15, -0.1) is 0 Å². The molecule has 2 aromatic rings. The van der Waals surface area contributed by atoms with Gasteiger partial charge in [0.25, 0.3) is 0 Å². The van der Waals surface area contributed by atoms with Gasteiger partial charge in [0.05, 0.1) is 14.2 Å². The summed E-state index contributed by atoms with van der Waals surface area (Å²) in [5.41, 5.74) is 2.38. The predicted molar refractivity (Wildman–Crippen MR) is 97.7 cm³/mol. The number of hydrogen-bond donors (Lipinski definition) is 1. The third kappa shape index (κ3) is 4.91. The molecule has 0 saturated carbocycles. The number of nitrogens with zero attached hydrogens (tertiary/aromatic N) is 2. The Bertz CT molecular complexity index is 651. The highest BCUT2D eigenvalue weighted by molar-refractivity contribution is 5.79. The zero-order valence-electron chi connectivity index (χ0n) is 14.7. The normalized spacial score (nSPS) is 11.1. The van der Waals surface area contributed by atoms with Gasteiger partial charge in [-0.25, -0.2) is 0 Å². The van der Waals surface area contributed by atoms with Crippen molar-refractivity contribution in [3.05, 3.63) is 59.7 Å². The Morgan fingerprint density at radius 1 is 0.917 bits per heavy atom. The molecule has 0 spiro atoms. The molecular weight excluding hydrogens is 302 g/mol. The molecule has 0 unspecified atom stereocenters. The first kappa shape index (κ1) is 17.7. The van der Waals surface area contributed by atoms with Crippen LogP contribution in [-0.4, -0.2) is 39.2 Å². The van der Waals surface area contributed by atoms with Crippen molar-refractivity contribution in [3.8, 4) is 11.5 Å². The van der Waals surface area contributed by atoms with Crippen molar-refractivity contribution in [2.45, 2.75) is 13.1 Å². The number of nitrogens with one attached hydrogen (secondary N) is 1. The van der Waals surface area contributed by atoms with Crippen LogP contribution >= 0.6 is 0 Å². The molecule has 1 N–H and O–H groups in total. The molecule has 0 bridgehead atoms. The third-order valence-corrected chi connectivity index (χ3v) is 3.76. The van der Waals surface area contributed by atoms with E-state index in [9.17, 15) is 0 Å². The van der Waals surface area contributed by atoms with Gasteiger partial charge in [0.15, 0.2) is 5.96 Å². The van der Waals surface area contributed by atoms with Crippen LogP contribution in [0.3, 0.4) is 0 Å². The Balaban J connectivity index is 1.91. The quantitative estimate of drug-likeness (QED) is 0.654. The van der Waals surface area contributed by atoms with Crippen LogP contribution < -0.4 is 14.8 Å². The number of benzene rings is 2. The molecule has 5 heteroatoms. The van der Waals surface area contributed by atoms with E-state index >= 15 is 0 Å². The molecule has 0 heterocycles. The van der Waals surface area contributed by atoms with Crippen LogP contribution in [0.4, 0.5) is 0 Å². The van der Waals surface area contributed by atoms with Gasteiger partial charge in [0.2, 0.25) is 0 Å². The average molecular weight is 327 g/mol. The second kappa shape index (κ2) is 8.82. The second-order valence-electron chi connectivity index (χ2n) is 5.45. The van der Waals surface area contributed by atoms with Crippen LogP contribution in [0.5, 0.6) is 11.5 Å². The van der Waals surface area contributed by atoms with Gasteiger partial charge in [0, 0.05) is 27.2 Å². The molecule has 0 fully saturated rings. The van der Waals surface area contributed by atoms with E-state index in [1.165, 1.54) is 11.1 Å². The van der Waals surface area contributed by atoms with Crippen molar-refractivity contribution in [2.24, 2.45) is 4.99 Å². The van der Waals surface area contributed by atoms with E-state index < -0.39 is 0 Å². The van der Waals surface area contributed by atoms with Gasteiger partial charge >= 0.3 is 0 Å². The fourth-order valence-corrected chi connectivity index (χ4v) is 2.39. The number of guanidine groups is 1. The Morgan fingerprint density at radius 3 is 1.88 bits per heavy atom. The topological polar surface area (TPSA) is 46.1 Å².